The van der Waals surface area contributed by atoms with Gasteiger partial charge in [-0.05, 0) is 12.5 Å². The molecule has 1 aliphatic rings. The largest absolute Gasteiger partial charge is 0.394 e. The molecule has 5 N–H and O–H groups in total. The summed E-state index contributed by atoms with van der Waals surface area (Å²) in [7, 11) is 0. The maximum atomic E-state index is 11.9. The number of anilines is 1. The van der Waals surface area contributed by atoms with Gasteiger partial charge >= 0.3 is 0 Å². The molecule has 20 heavy (non-hydrogen) atoms. The molecule has 3 atom stereocenters. The van der Waals surface area contributed by atoms with Gasteiger partial charge in [0.15, 0.2) is 11.9 Å². The number of hydrogen-bond acceptors (Lipinski definition) is 6. The third-order valence-electron chi connectivity index (χ3n) is 3.53. The van der Waals surface area contributed by atoms with Gasteiger partial charge in [0.2, 0.25) is 5.95 Å². The number of aliphatic hydroxyl groups excluding tert-OH is 2. The van der Waals surface area contributed by atoms with Crippen molar-refractivity contribution in [3.63, 3.8) is 0 Å². The summed E-state index contributed by atoms with van der Waals surface area (Å²) in [6.07, 6.45) is 0.145. The molecule has 3 rings (SSSR count). The molecule has 0 amide bonds. The molecule has 0 aromatic carbocycles. The van der Waals surface area contributed by atoms with Crippen molar-refractivity contribution in [1.29, 1.82) is 0 Å². The molecule has 0 saturated carbocycles. The Hall–Kier alpha value is -1.90. The fraction of sp³-hybridized carbons (Fsp3) is 0.500. The number of aliphatic hydroxyl groups is 2. The van der Waals surface area contributed by atoms with E-state index in [1.165, 1.54) is 0 Å². The van der Waals surface area contributed by atoms with E-state index in [9.17, 15) is 9.90 Å². The first-order chi connectivity index (χ1) is 9.51. The molecule has 3 heterocycles. The highest BCUT2D eigenvalue weighted by atomic mass is 16.5. The molecule has 108 valence electrons. The molecule has 2 aromatic rings. The number of H-pyrrole nitrogens is 1. The Balaban J connectivity index is 2.15. The lowest BCUT2D eigenvalue weighted by atomic mass is 10.2. The summed E-state index contributed by atoms with van der Waals surface area (Å²) in [4.78, 5) is 18.5. The van der Waals surface area contributed by atoms with Gasteiger partial charge in [-0.3, -0.25) is 9.78 Å². The van der Waals surface area contributed by atoms with E-state index in [0.29, 0.717) is 17.5 Å². The van der Waals surface area contributed by atoms with Crippen LogP contribution in [0.2, 0.25) is 0 Å². The Morgan fingerprint density at radius 3 is 3.05 bits per heavy atom. The van der Waals surface area contributed by atoms with Gasteiger partial charge in [0.1, 0.15) is 6.10 Å². The lowest BCUT2D eigenvalue weighted by Crippen LogP contribution is -2.20. The van der Waals surface area contributed by atoms with Gasteiger partial charge in [-0.1, -0.05) is 0 Å². The predicted octanol–water partition coefficient (Wildman–Crippen LogP) is -0.744. The van der Waals surface area contributed by atoms with Gasteiger partial charge in [-0.15, -0.1) is 0 Å². The number of nitrogens with one attached hydrogen (secondary N) is 1. The summed E-state index contributed by atoms with van der Waals surface area (Å²) in [6.45, 7) is 1.61. The van der Waals surface area contributed by atoms with Crippen molar-refractivity contribution >= 4 is 17.0 Å². The van der Waals surface area contributed by atoms with Crippen LogP contribution in [0.5, 0.6) is 0 Å². The van der Waals surface area contributed by atoms with Crippen LogP contribution in [0, 0.1) is 6.92 Å². The Morgan fingerprint density at radius 2 is 2.40 bits per heavy atom. The van der Waals surface area contributed by atoms with Gasteiger partial charge in [-0.2, -0.15) is 4.98 Å². The van der Waals surface area contributed by atoms with E-state index < -0.39 is 18.4 Å². The second kappa shape index (κ2) is 4.58. The highest BCUT2D eigenvalue weighted by molar-refractivity contribution is 5.80. The van der Waals surface area contributed by atoms with E-state index in [2.05, 4.69) is 9.97 Å². The third-order valence-corrected chi connectivity index (χ3v) is 3.53. The van der Waals surface area contributed by atoms with Gasteiger partial charge in [-0.25, -0.2) is 0 Å². The van der Waals surface area contributed by atoms with E-state index in [1.54, 1.807) is 17.7 Å². The van der Waals surface area contributed by atoms with Crippen molar-refractivity contribution in [2.24, 2.45) is 0 Å². The van der Waals surface area contributed by atoms with Gasteiger partial charge in [0, 0.05) is 12.6 Å². The summed E-state index contributed by atoms with van der Waals surface area (Å²) in [5, 5.41) is 19.6. The minimum atomic E-state index is -0.774. The maximum Gasteiger partial charge on any atom is 0.262 e. The zero-order chi connectivity index (χ0) is 14.4. The minimum absolute atomic E-state index is 0.00745. The normalized spacial score (nSPS) is 26.4. The number of aryl methyl sites for hydroxylation is 1. The lowest BCUT2D eigenvalue weighted by molar-refractivity contribution is -0.0484. The molecule has 1 aliphatic heterocycles. The van der Waals surface area contributed by atoms with Crippen LogP contribution in [-0.4, -0.2) is 43.6 Å². The van der Waals surface area contributed by atoms with Crippen molar-refractivity contribution < 1.29 is 14.9 Å². The number of nitrogen functional groups attached to an aromatic ring is 1. The molecule has 0 aliphatic carbocycles. The van der Waals surface area contributed by atoms with Gasteiger partial charge in [0.25, 0.3) is 5.56 Å². The topological polar surface area (TPSA) is 126 Å². The zero-order valence-corrected chi connectivity index (χ0v) is 10.9. The van der Waals surface area contributed by atoms with Gasteiger partial charge < -0.3 is 25.3 Å². The standard InChI is InChI=1S/C12H16N4O4/c1-5-3-16(11-7(18)2-6(4-17)20-11)9-8(5)10(19)15-12(13)14-9/h3,6-7,11,17-18H,2,4H2,1H3,(H3,13,14,15,19)/t6-,7-,11+/m0/s1. The van der Waals surface area contributed by atoms with Crippen molar-refractivity contribution in [2.75, 3.05) is 12.3 Å². The van der Waals surface area contributed by atoms with Crippen LogP contribution in [0.3, 0.4) is 0 Å². The van der Waals surface area contributed by atoms with Gasteiger partial charge in [0.05, 0.1) is 18.1 Å². The van der Waals surface area contributed by atoms with E-state index in [-0.39, 0.29) is 18.1 Å². The Labute approximate surface area is 113 Å². The summed E-state index contributed by atoms with van der Waals surface area (Å²) >= 11 is 0. The first-order valence-corrected chi connectivity index (χ1v) is 6.32. The monoisotopic (exact) mass is 280 g/mol. The minimum Gasteiger partial charge on any atom is -0.394 e. The number of aromatic amines is 1. The second-order valence-corrected chi connectivity index (χ2v) is 5.00. The number of rotatable bonds is 2. The number of hydrogen-bond donors (Lipinski definition) is 4. The molecule has 8 heteroatoms. The first-order valence-electron chi connectivity index (χ1n) is 6.32. The first kappa shape index (κ1) is 13.1. The molecule has 2 aromatic heterocycles. The second-order valence-electron chi connectivity index (χ2n) is 5.00. The van der Waals surface area contributed by atoms with Crippen LogP contribution in [-0.2, 0) is 4.74 Å². The molecule has 1 saturated heterocycles. The Morgan fingerprint density at radius 1 is 1.65 bits per heavy atom. The number of nitrogens with zero attached hydrogens (tertiary/aromatic N) is 2. The summed E-state index contributed by atoms with van der Waals surface area (Å²) < 4.78 is 7.17. The quantitative estimate of drug-likeness (QED) is 0.573. The van der Waals surface area contributed by atoms with E-state index in [4.69, 9.17) is 15.6 Å². The molecule has 0 bridgehead atoms. The van der Waals surface area contributed by atoms with Crippen LogP contribution in [0.25, 0.3) is 11.0 Å². The van der Waals surface area contributed by atoms with Crippen molar-refractivity contribution in [3.8, 4) is 0 Å². The molecular weight excluding hydrogens is 264 g/mol. The molecule has 1 fully saturated rings. The van der Waals surface area contributed by atoms with Crippen molar-refractivity contribution in [2.45, 2.75) is 31.8 Å². The molecule has 0 unspecified atom stereocenters. The predicted molar refractivity (Wildman–Crippen MR) is 71.1 cm³/mol. The number of nitrogens with two attached hydrogens (primary N) is 1. The van der Waals surface area contributed by atoms with Crippen LogP contribution >= 0.6 is 0 Å². The molecule has 8 nitrogen and oxygen atoms in total. The average molecular weight is 280 g/mol. The number of fused-ring (bicyclic) bond motifs is 1. The maximum absolute atomic E-state index is 11.9. The van der Waals surface area contributed by atoms with Crippen LogP contribution in [0.1, 0.15) is 18.2 Å². The Kier molecular flexibility index (Phi) is 3.00. The van der Waals surface area contributed by atoms with E-state index >= 15 is 0 Å². The summed E-state index contributed by atoms with van der Waals surface area (Å²) in [5.74, 6) is 0.00745. The third kappa shape index (κ3) is 1.89. The number of ether oxygens (including phenoxy) is 1. The summed E-state index contributed by atoms with van der Waals surface area (Å²) in [6, 6.07) is 0. The highest BCUT2D eigenvalue weighted by Crippen LogP contribution is 2.32. The Bertz CT molecular complexity index is 707. The smallest absolute Gasteiger partial charge is 0.262 e. The van der Waals surface area contributed by atoms with Crippen LogP contribution in [0.15, 0.2) is 11.0 Å². The van der Waals surface area contributed by atoms with Crippen molar-refractivity contribution in [1.82, 2.24) is 14.5 Å². The van der Waals surface area contributed by atoms with E-state index in [0.717, 1.165) is 5.56 Å². The highest BCUT2D eigenvalue weighted by Gasteiger charge is 2.36. The average Bonchev–Trinajstić information content (AvgIpc) is 2.90. The number of aromatic nitrogens is 3. The zero-order valence-electron chi connectivity index (χ0n) is 10.9. The van der Waals surface area contributed by atoms with Crippen LogP contribution in [0.4, 0.5) is 5.95 Å². The summed E-state index contributed by atoms with van der Waals surface area (Å²) in [5.41, 5.74) is 6.33. The lowest BCUT2D eigenvalue weighted by Gasteiger charge is -2.17. The van der Waals surface area contributed by atoms with E-state index in [1.807, 2.05) is 0 Å². The molecule has 0 radical (unpaired) electrons. The van der Waals surface area contributed by atoms with Crippen molar-refractivity contribution in [3.05, 3.63) is 22.1 Å². The van der Waals surface area contributed by atoms with Crippen LogP contribution < -0.4 is 11.3 Å². The SMILES string of the molecule is Cc1cn([C@@H]2O[C@H](CO)C[C@@H]2O)c2nc(N)[nH]c(=O)c12. The fourth-order valence-corrected chi connectivity index (χ4v) is 2.65. The molecule has 0 spiro atoms. The fourth-order valence-electron chi connectivity index (χ4n) is 2.65. The molecular formula is C12H16N4O4.